The van der Waals surface area contributed by atoms with E-state index in [0.717, 1.165) is 0 Å². The summed E-state index contributed by atoms with van der Waals surface area (Å²) in [6.07, 6.45) is 11.0. The highest BCUT2D eigenvalue weighted by Gasteiger charge is 2.14. The van der Waals surface area contributed by atoms with Gasteiger partial charge < -0.3 is 9.80 Å². The van der Waals surface area contributed by atoms with E-state index in [1.54, 1.807) is 5.32 Å². The lowest BCUT2D eigenvalue weighted by Gasteiger charge is -2.33. The molecule has 2 rings (SSSR count). The first-order valence-electron chi connectivity index (χ1n) is 7.10. The first-order chi connectivity index (χ1) is 7.90. The second kappa shape index (κ2) is 6.33. The normalized spacial score (nSPS) is 24.4. The van der Waals surface area contributed by atoms with Crippen LogP contribution in [0, 0.1) is 0 Å². The van der Waals surface area contributed by atoms with Gasteiger partial charge in [-0.15, -0.1) is 0 Å². The van der Waals surface area contributed by atoms with E-state index in [1.807, 2.05) is 0 Å². The van der Waals surface area contributed by atoms with Crippen LogP contribution < -0.4 is 0 Å². The van der Waals surface area contributed by atoms with Crippen LogP contribution in [0.4, 0.5) is 0 Å². The van der Waals surface area contributed by atoms with Gasteiger partial charge in [0.2, 0.25) is 0 Å². The molecule has 2 aliphatic heterocycles. The summed E-state index contributed by atoms with van der Waals surface area (Å²) < 4.78 is 0. The molecule has 0 spiro atoms. The molecule has 2 nitrogen and oxygen atoms in total. The Morgan fingerprint density at radius 3 is 2.00 bits per heavy atom. The van der Waals surface area contributed by atoms with Crippen LogP contribution in [0.1, 0.15) is 38.5 Å². The molecule has 3 heteroatoms. The van der Waals surface area contributed by atoms with E-state index in [2.05, 4.69) is 22.5 Å². The van der Waals surface area contributed by atoms with Gasteiger partial charge in [-0.2, -0.15) is 0 Å². The molecule has 0 bridgehead atoms. The molecule has 2 aliphatic rings. The maximum Gasteiger partial charge on any atom is 0.0741 e. The molecule has 0 N–H and O–H groups in total. The van der Waals surface area contributed by atoms with Crippen LogP contribution in [0.25, 0.3) is 0 Å². The highest BCUT2D eigenvalue weighted by Crippen LogP contribution is 2.16. The zero-order valence-electron chi connectivity index (χ0n) is 10.7. The molecule has 2 fully saturated rings. The van der Waals surface area contributed by atoms with Crippen molar-refractivity contribution < 1.29 is 0 Å². The summed E-state index contributed by atoms with van der Waals surface area (Å²) >= 11 is 0. The fourth-order valence-electron chi connectivity index (χ4n) is 2.84. The Balaban J connectivity index is 1.93. The maximum absolute atomic E-state index is 2.67. The second-order valence-electron chi connectivity index (χ2n) is 5.12. The molecule has 0 saturated carbocycles. The van der Waals surface area contributed by atoms with Crippen LogP contribution >= 0.6 is 0 Å². The van der Waals surface area contributed by atoms with Crippen molar-refractivity contribution in [2.45, 2.75) is 45.1 Å². The molecule has 0 amide bonds. The SMILES string of the molecule is C[SiH2]C(=CN1CCCCC1)N1CCCCC1. The minimum Gasteiger partial charge on any atom is -0.378 e. The topological polar surface area (TPSA) is 6.48 Å². The summed E-state index contributed by atoms with van der Waals surface area (Å²) in [4.78, 5) is 5.24. The summed E-state index contributed by atoms with van der Waals surface area (Å²) in [6.45, 7) is 7.67. The van der Waals surface area contributed by atoms with Gasteiger partial charge in [0.25, 0.3) is 0 Å². The number of rotatable bonds is 3. The van der Waals surface area contributed by atoms with Crippen molar-refractivity contribution in [3.8, 4) is 0 Å². The third-order valence-electron chi connectivity index (χ3n) is 3.85. The Labute approximate surface area is 103 Å². The molecule has 0 unspecified atom stereocenters. The summed E-state index contributed by atoms with van der Waals surface area (Å²) in [6, 6.07) is 0. The first-order valence-corrected chi connectivity index (χ1v) is 9.22. The van der Waals surface area contributed by atoms with Crippen molar-refractivity contribution in [3.05, 3.63) is 11.5 Å². The summed E-state index contributed by atoms with van der Waals surface area (Å²) in [5.74, 6) is 0. The van der Waals surface area contributed by atoms with Gasteiger partial charge in [0, 0.05) is 37.7 Å². The van der Waals surface area contributed by atoms with Crippen LogP contribution in [0.15, 0.2) is 11.5 Å². The second-order valence-corrected chi connectivity index (χ2v) is 6.55. The molecule has 0 atom stereocenters. The minimum atomic E-state index is -0.0165. The van der Waals surface area contributed by atoms with E-state index < -0.39 is 0 Å². The maximum atomic E-state index is 2.67. The Bertz CT molecular complexity index is 228. The van der Waals surface area contributed by atoms with E-state index in [4.69, 9.17) is 0 Å². The van der Waals surface area contributed by atoms with Gasteiger partial charge in [-0.1, -0.05) is 6.55 Å². The van der Waals surface area contributed by atoms with Gasteiger partial charge in [0.15, 0.2) is 0 Å². The van der Waals surface area contributed by atoms with Gasteiger partial charge in [-0.05, 0) is 38.5 Å². The smallest absolute Gasteiger partial charge is 0.0741 e. The van der Waals surface area contributed by atoms with Crippen molar-refractivity contribution in [2.24, 2.45) is 0 Å². The molecule has 2 saturated heterocycles. The van der Waals surface area contributed by atoms with Gasteiger partial charge in [-0.3, -0.25) is 0 Å². The largest absolute Gasteiger partial charge is 0.378 e. The van der Waals surface area contributed by atoms with E-state index in [0.29, 0.717) is 0 Å². The Morgan fingerprint density at radius 2 is 1.44 bits per heavy atom. The molecule has 0 aromatic carbocycles. The van der Waals surface area contributed by atoms with Gasteiger partial charge in [0.1, 0.15) is 0 Å². The third-order valence-corrected chi connectivity index (χ3v) is 5.20. The van der Waals surface area contributed by atoms with Crippen molar-refractivity contribution >= 4 is 9.52 Å². The van der Waals surface area contributed by atoms with Gasteiger partial charge in [0.05, 0.1) is 9.52 Å². The predicted octanol–water partition coefficient (Wildman–Crippen LogP) is 1.97. The lowest BCUT2D eigenvalue weighted by molar-refractivity contribution is 0.273. The van der Waals surface area contributed by atoms with Crippen molar-refractivity contribution in [3.63, 3.8) is 0 Å². The molecular formula is C13H26N2Si. The van der Waals surface area contributed by atoms with Gasteiger partial charge in [-0.25, -0.2) is 0 Å². The average Bonchev–Trinajstić information content (AvgIpc) is 2.38. The Morgan fingerprint density at radius 1 is 0.875 bits per heavy atom. The fourth-order valence-corrected chi connectivity index (χ4v) is 4.04. The van der Waals surface area contributed by atoms with E-state index >= 15 is 0 Å². The van der Waals surface area contributed by atoms with Gasteiger partial charge >= 0.3 is 0 Å². The highest BCUT2D eigenvalue weighted by atomic mass is 28.2. The highest BCUT2D eigenvalue weighted by molar-refractivity contribution is 6.43. The lowest BCUT2D eigenvalue weighted by Crippen LogP contribution is -2.34. The fraction of sp³-hybridized carbons (Fsp3) is 0.846. The number of likely N-dealkylation sites (tertiary alicyclic amines) is 2. The summed E-state index contributed by atoms with van der Waals surface area (Å²) in [5, 5.41) is 1.71. The number of nitrogens with zero attached hydrogens (tertiary/aromatic N) is 2. The number of hydrogen-bond acceptors (Lipinski definition) is 2. The molecule has 2 heterocycles. The Kier molecular flexibility index (Phi) is 4.76. The summed E-state index contributed by atoms with van der Waals surface area (Å²) in [5.41, 5.74) is 0. The average molecular weight is 238 g/mol. The van der Waals surface area contributed by atoms with E-state index in [9.17, 15) is 0 Å². The molecule has 0 aliphatic carbocycles. The summed E-state index contributed by atoms with van der Waals surface area (Å²) in [7, 11) is -0.0165. The molecule has 0 aromatic heterocycles. The van der Waals surface area contributed by atoms with Crippen molar-refractivity contribution in [2.75, 3.05) is 26.2 Å². The minimum absolute atomic E-state index is 0.0165. The first kappa shape index (κ1) is 12.0. The lowest BCUT2D eigenvalue weighted by atomic mass is 10.1. The molecular weight excluding hydrogens is 212 g/mol. The third kappa shape index (κ3) is 3.27. The van der Waals surface area contributed by atoms with E-state index in [-0.39, 0.29) is 9.52 Å². The van der Waals surface area contributed by atoms with Crippen molar-refractivity contribution in [1.29, 1.82) is 0 Å². The zero-order valence-corrected chi connectivity index (χ0v) is 12.2. The van der Waals surface area contributed by atoms with Crippen LogP contribution in [0.3, 0.4) is 0 Å². The monoisotopic (exact) mass is 238 g/mol. The molecule has 0 aromatic rings. The molecule has 92 valence electrons. The molecule has 0 radical (unpaired) electrons. The van der Waals surface area contributed by atoms with Crippen LogP contribution in [0.5, 0.6) is 0 Å². The number of piperidine rings is 2. The quantitative estimate of drug-likeness (QED) is 0.694. The van der Waals surface area contributed by atoms with E-state index in [1.165, 1.54) is 64.7 Å². The van der Waals surface area contributed by atoms with Crippen LogP contribution in [0.2, 0.25) is 6.55 Å². The van der Waals surface area contributed by atoms with Crippen molar-refractivity contribution in [1.82, 2.24) is 9.80 Å². The Hall–Kier alpha value is -0.443. The standard InChI is InChI=1S/C13H26N2Si/c1-16-13(15-10-6-3-7-11-15)12-14-8-4-2-5-9-14/h12H,2-11,16H2,1H3. The molecule has 16 heavy (non-hydrogen) atoms. The van der Waals surface area contributed by atoms with Crippen LogP contribution in [-0.2, 0) is 0 Å². The van der Waals surface area contributed by atoms with Crippen LogP contribution in [-0.4, -0.2) is 45.5 Å². The predicted molar refractivity (Wildman–Crippen MR) is 73.3 cm³/mol. The zero-order chi connectivity index (χ0) is 11.2. The number of hydrogen-bond donors (Lipinski definition) is 0.